The lowest BCUT2D eigenvalue weighted by Crippen LogP contribution is -2.34. The number of methoxy groups -OCH3 is 1. The predicted octanol–water partition coefficient (Wildman–Crippen LogP) is 2.66. The van der Waals surface area contributed by atoms with Gasteiger partial charge in [-0.25, -0.2) is 0 Å². The normalized spacial score (nSPS) is 14.2. The van der Waals surface area contributed by atoms with Crippen molar-refractivity contribution in [2.45, 2.75) is 25.2 Å². The van der Waals surface area contributed by atoms with Crippen LogP contribution >= 0.6 is 0 Å². The maximum Gasteiger partial charge on any atom is 0.247 e. The summed E-state index contributed by atoms with van der Waals surface area (Å²) in [5, 5.41) is 31.6. The van der Waals surface area contributed by atoms with Crippen molar-refractivity contribution in [2.24, 2.45) is 0 Å². The number of nitrogens with zero attached hydrogens (tertiary/aromatic N) is 2. The summed E-state index contributed by atoms with van der Waals surface area (Å²) in [4.78, 5) is 0. The number of hydrogen-bond donors (Lipinski definition) is 3. The number of aliphatic hydroxyl groups is 2. The van der Waals surface area contributed by atoms with Gasteiger partial charge in [0.25, 0.3) is 0 Å². The number of hydrogen-bond acceptors (Lipinski definition) is 8. The molecule has 8 heteroatoms. The van der Waals surface area contributed by atoms with Gasteiger partial charge in [0.1, 0.15) is 18.5 Å². The van der Waals surface area contributed by atoms with Gasteiger partial charge in [-0.05, 0) is 42.8 Å². The van der Waals surface area contributed by atoms with Crippen LogP contribution in [-0.2, 0) is 4.74 Å². The number of nitrogens with one attached hydrogen (secondary N) is 1. The van der Waals surface area contributed by atoms with Crippen molar-refractivity contribution < 1.29 is 24.1 Å². The summed E-state index contributed by atoms with van der Waals surface area (Å²) in [6, 6.07) is 14.2. The second-order valence-corrected chi connectivity index (χ2v) is 6.59. The Morgan fingerprint density at radius 3 is 2.66 bits per heavy atom. The standard InChI is InChI=1S/C21H25N3O5/c1-14(25)20(26)19(15-5-4-8-18(12-15)28-10-9-27-2)23-17-7-3-6-16(11-17)21-24-22-13-29-21/h3-8,11-14,19-20,23,25-26H,9-10H2,1-2H3/t14-,19+,20+/m0/s1. The van der Waals surface area contributed by atoms with E-state index in [1.54, 1.807) is 14.0 Å². The molecule has 0 unspecified atom stereocenters. The van der Waals surface area contributed by atoms with E-state index in [4.69, 9.17) is 13.9 Å². The second-order valence-electron chi connectivity index (χ2n) is 6.59. The van der Waals surface area contributed by atoms with Gasteiger partial charge >= 0.3 is 0 Å². The number of rotatable bonds is 10. The highest BCUT2D eigenvalue weighted by Crippen LogP contribution is 2.29. The van der Waals surface area contributed by atoms with E-state index in [1.807, 2.05) is 48.5 Å². The Hall–Kier alpha value is -2.94. The van der Waals surface area contributed by atoms with Crippen molar-refractivity contribution in [2.75, 3.05) is 25.6 Å². The van der Waals surface area contributed by atoms with Crippen LogP contribution in [0.15, 0.2) is 59.3 Å². The molecule has 0 aliphatic carbocycles. The van der Waals surface area contributed by atoms with Gasteiger partial charge in [0.05, 0.1) is 18.8 Å². The van der Waals surface area contributed by atoms with Gasteiger partial charge in [0.2, 0.25) is 12.3 Å². The molecule has 8 nitrogen and oxygen atoms in total. The fourth-order valence-electron chi connectivity index (χ4n) is 2.91. The Kier molecular flexibility index (Phi) is 7.18. The Morgan fingerprint density at radius 1 is 1.10 bits per heavy atom. The Balaban J connectivity index is 1.85. The fraction of sp³-hybridized carbons (Fsp3) is 0.333. The highest BCUT2D eigenvalue weighted by molar-refractivity contribution is 5.61. The first-order valence-electron chi connectivity index (χ1n) is 9.29. The van der Waals surface area contributed by atoms with Gasteiger partial charge in [0, 0.05) is 18.4 Å². The summed E-state index contributed by atoms with van der Waals surface area (Å²) < 4.78 is 15.9. The van der Waals surface area contributed by atoms with Crippen molar-refractivity contribution in [3.05, 3.63) is 60.5 Å². The average molecular weight is 399 g/mol. The Morgan fingerprint density at radius 2 is 1.93 bits per heavy atom. The quantitative estimate of drug-likeness (QED) is 0.446. The molecule has 3 N–H and O–H groups in total. The van der Waals surface area contributed by atoms with Gasteiger partial charge in [-0.2, -0.15) is 0 Å². The first-order valence-corrected chi connectivity index (χ1v) is 9.29. The summed E-state index contributed by atoms with van der Waals surface area (Å²) in [6.07, 6.45) is -0.717. The SMILES string of the molecule is COCCOc1cccc([C@@H](Nc2cccc(-c3nnco3)c2)[C@H](O)[C@H](C)O)c1. The zero-order valence-corrected chi connectivity index (χ0v) is 16.4. The third-order valence-electron chi connectivity index (χ3n) is 4.40. The predicted molar refractivity (Wildman–Crippen MR) is 108 cm³/mol. The van der Waals surface area contributed by atoms with E-state index in [1.165, 1.54) is 6.39 Å². The molecule has 0 amide bonds. The smallest absolute Gasteiger partial charge is 0.247 e. The number of benzene rings is 2. The average Bonchev–Trinajstić information content (AvgIpc) is 3.27. The summed E-state index contributed by atoms with van der Waals surface area (Å²) in [6.45, 7) is 2.45. The summed E-state index contributed by atoms with van der Waals surface area (Å²) >= 11 is 0. The van der Waals surface area contributed by atoms with Gasteiger partial charge < -0.3 is 29.4 Å². The topological polar surface area (TPSA) is 110 Å². The van der Waals surface area contributed by atoms with Crippen LogP contribution in [0, 0.1) is 0 Å². The molecule has 3 rings (SSSR count). The summed E-state index contributed by atoms with van der Waals surface area (Å²) in [5.41, 5.74) is 2.25. The molecule has 154 valence electrons. The highest BCUT2D eigenvalue weighted by atomic mass is 16.5. The third-order valence-corrected chi connectivity index (χ3v) is 4.40. The zero-order valence-electron chi connectivity index (χ0n) is 16.4. The van der Waals surface area contributed by atoms with E-state index in [-0.39, 0.29) is 0 Å². The lowest BCUT2D eigenvalue weighted by molar-refractivity contribution is 0.0189. The molecule has 3 atom stereocenters. The van der Waals surface area contributed by atoms with Crippen molar-refractivity contribution in [3.63, 3.8) is 0 Å². The van der Waals surface area contributed by atoms with E-state index in [9.17, 15) is 10.2 Å². The second kappa shape index (κ2) is 10.0. The van der Waals surface area contributed by atoms with Crippen LogP contribution in [-0.4, -0.2) is 52.9 Å². The van der Waals surface area contributed by atoms with Crippen LogP contribution in [0.25, 0.3) is 11.5 Å². The van der Waals surface area contributed by atoms with E-state index in [0.29, 0.717) is 24.9 Å². The lowest BCUT2D eigenvalue weighted by Gasteiger charge is -2.28. The number of aromatic nitrogens is 2. The highest BCUT2D eigenvalue weighted by Gasteiger charge is 2.26. The minimum atomic E-state index is -1.05. The van der Waals surface area contributed by atoms with Crippen LogP contribution in [0.5, 0.6) is 5.75 Å². The fourth-order valence-corrected chi connectivity index (χ4v) is 2.91. The molecule has 0 saturated carbocycles. The molecular formula is C21H25N3O5. The number of anilines is 1. The van der Waals surface area contributed by atoms with E-state index in [0.717, 1.165) is 16.8 Å². The lowest BCUT2D eigenvalue weighted by atomic mass is 9.97. The van der Waals surface area contributed by atoms with Crippen molar-refractivity contribution in [3.8, 4) is 17.2 Å². The maximum atomic E-state index is 10.6. The molecule has 29 heavy (non-hydrogen) atoms. The number of aliphatic hydroxyl groups excluding tert-OH is 2. The molecular weight excluding hydrogens is 374 g/mol. The molecule has 1 heterocycles. The van der Waals surface area contributed by atoms with E-state index in [2.05, 4.69) is 15.5 Å². The monoisotopic (exact) mass is 399 g/mol. The molecule has 0 spiro atoms. The van der Waals surface area contributed by atoms with Crippen LogP contribution in [0.2, 0.25) is 0 Å². The molecule has 1 aromatic heterocycles. The van der Waals surface area contributed by atoms with Crippen molar-refractivity contribution in [1.82, 2.24) is 10.2 Å². The Labute approximate surface area is 169 Å². The van der Waals surface area contributed by atoms with Gasteiger partial charge in [-0.3, -0.25) is 0 Å². The molecule has 3 aromatic rings. The first-order chi connectivity index (χ1) is 14.1. The van der Waals surface area contributed by atoms with Crippen LogP contribution in [0.3, 0.4) is 0 Å². The van der Waals surface area contributed by atoms with Crippen molar-refractivity contribution >= 4 is 5.69 Å². The minimum Gasteiger partial charge on any atom is -0.491 e. The third kappa shape index (κ3) is 5.54. The minimum absolute atomic E-state index is 0.398. The molecule has 0 aliphatic rings. The molecule has 2 aromatic carbocycles. The summed E-state index contributed by atoms with van der Waals surface area (Å²) in [7, 11) is 1.61. The maximum absolute atomic E-state index is 10.6. The molecule has 0 bridgehead atoms. The Bertz CT molecular complexity index is 886. The molecule has 0 radical (unpaired) electrons. The molecule has 0 aliphatic heterocycles. The van der Waals surface area contributed by atoms with Gasteiger partial charge in [-0.1, -0.05) is 18.2 Å². The van der Waals surface area contributed by atoms with Gasteiger partial charge in [-0.15, -0.1) is 10.2 Å². The van der Waals surface area contributed by atoms with Crippen LogP contribution < -0.4 is 10.1 Å². The first kappa shape index (κ1) is 20.8. The largest absolute Gasteiger partial charge is 0.491 e. The van der Waals surface area contributed by atoms with Crippen LogP contribution in [0.1, 0.15) is 18.5 Å². The van der Waals surface area contributed by atoms with E-state index < -0.39 is 18.2 Å². The summed E-state index contributed by atoms with van der Waals surface area (Å²) in [5.74, 6) is 1.05. The van der Waals surface area contributed by atoms with Crippen LogP contribution in [0.4, 0.5) is 5.69 Å². The van der Waals surface area contributed by atoms with Crippen molar-refractivity contribution in [1.29, 1.82) is 0 Å². The zero-order chi connectivity index (χ0) is 20.6. The van der Waals surface area contributed by atoms with E-state index >= 15 is 0 Å². The molecule has 0 saturated heterocycles. The van der Waals surface area contributed by atoms with Gasteiger partial charge in [0.15, 0.2) is 0 Å². The number of ether oxygens (including phenoxy) is 2. The molecule has 0 fully saturated rings.